The highest BCUT2D eigenvalue weighted by molar-refractivity contribution is 7.16. The summed E-state index contributed by atoms with van der Waals surface area (Å²) < 4.78 is 3.25. The summed E-state index contributed by atoms with van der Waals surface area (Å²) in [6, 6.07) is 11.6. The lowest BCUT2D eigenvalue weighted by Crippen LogP contribution is -2.33. The third-order valence-electron chi connectivity index (χ3n) is 5.02. The topological polar surface area (TPSA) is 73.0 Å². The van der Waals surface area contributed by atoms with E-state index in [-0.39, 0.29) is 18.0 Å². The lowest BCUT2D eigenvalue weighted by Gasteiger charge is -2.18. The highest BCUT2D eigenvalue weighted by Gasteiger charge is 2.18. The van der Waals surface area contributed by atoms with Gasteiger partial charge in [0.2, 0.25) is 5.91 Å². The van der Waals surface area contributed by atoms with Crippen molar-refractivity contribution in [3.05, 3.63) is 75.4 Å². The number of hydrogen-bond acceptors (Lipinski definition) is 5. The number of carbonyl (C=O) groups excluding carboxylic acids is 1. The summed E-state index contributed by atoms with van der Waals surface area (Å²) in [5.74, 6) is -0.158. The minimum absolute atomic E-state index is 0.0426. The number of thiophene rings is 1. The number of amides is 1. The standard InChI is InChI=1S/C21H21N5O2S/c1-14-18(15(2)26(23-14)16-7-5-4-6-8-16)11-24(3)19(27)12-25-13-22-20-17(21(25)28)9-10-29-20/h4-10,13H,11-12H2,1-3H3. The Bertz CT molecular complexity index is 1240. The summed E-state index contributed by atoms with van der Waals surface area (Å²) in [6.45, 7) is 4.32. The number of nitrogens with zero attached hydrogens (tertiary/aromatic N) is 5. The van der Waals surface area contributed by atoms with Crippen molar-refractivity contribution < 1.29 is 4.79 Å². The minimum Gasteiger partial charge on any atom is -0.340 e. The predicted octanol–water partition coefficient (Wildman–Crippen LogP) is 2.92. The fraction of sp³-hybridized carbons (Fsp3) is 0.238. The summed E-state index contributed by atoms with van der Waals surface area (Å²) in [6.07, 6.45) is 1.44. The van der Waals surface area contributed by atoms with Crippen molar-refractivity contribution in [2.75, 3.05) is 7.05 Å². The van der Waals surface area contributed by atoms with E-state index >= 15 is 0 Å². The Morgan fingerprint density at radius 1 is 1.17 bits per heavy atom. The smallest absolute Gasteiger partial charge is 0.262 e. The van der Waals surface area contributed by atoms with Gasteiger partial charge in [-0.05, 0) is 37.4 Å². The summed E-state index contributed by atoms with van der Waals surface area (Å²) >= 11 is 1.41. The van der Waals surface area contributed by atoms with Gasteiger partial charge >= 0.3 is 0 Å². The molecule has 29 heavy (non-hydrogen) atoms. The number of fused-ring (bicyclic) bond motifs is 1. The third-order valence-corrected chi connectivity index (χ3v) is 5.84. The number of benzene rings is 1. The van der Waals surface area contributed by atoms with Crippen LogP contribution in [0.1, 0.15) is 17.0 Å². The van der Waals surface area contributed by atoms with E-state index in [1.54, 1.807) is 18.0 Å². The van der Waals surface area contributed by atoms with Gasteiger partial charge in [0.25, 0.3) is 5.56 Å². The van der Waals surface area contributed by atoms with Crippen LogP contribution < -0.4 is 5.56 Å². The second-order valence-corrected chi connectivity index (χ2v) is 7.86. The summed E-state index contributed by atoms with van der Waals surface area (Å²) in [7, 11) is 1.74. The van der Waals surface area contributed by atoms with Crippen molar-refractivity contribution in [3.63, 3.8) is 0 Å². The molecule has 0 saturated heterocycles. The zero-order valence-electron chi connectivity index (χ0n) is 16.5. The molecule has 0 aliphatic rings. The molecule has 0 unspecified atom stereocenters. The number of likely N-dealkylation sites (N-methyl/N-ethyl adjacent to an activating group) is 1. The highest BCUT2D eigenvalue weighted by Crippen LogP contribution is 2.19. The first kappa shape index (κ1) is 19.1. The van der Waals surface area contributed by atoms with E-state index in [2.05, 4.69) is 10.1 Å². The van der Waals surface area contributed by atoms with E-state index in [1.165, 1.54) is 22.2 Å². The largest absolute Gasteiger partial charge is 0.340 e. The van der Waals surface area contributed by atoms with Crippen molar-refractivity contribution in [3.8, 4) is 5.69 Å². The molecule has 0 aliphatic heterocycles. The molecular weight excluding hydrogens is 386 g/mol. The van der Waals surface area contributed by atoms with Crippen LogP contribution in [0, 0.1) is 13.8 Å². The van der Waals surface area contributed by atoms with Crippen molar-refractivity contribution in [2.45, 2.75) is 26.9 Å². The third kappa shape index (κ3) is 3.58. The maximum absolute atomic E-state index is 12.8. The van der Waals surface area contributed by atoms with Gasteiger partial charge in [-0.15, -0.1) is 11.3 Å². The molecule has 0 radical (unpaired) electrons. The Hall–Kier alpha value is -3.26. The molecule has 4 rings (SSSR count). The number of rotatable bonds is 5. The Labute approximate surface area is 171 Å². The first-order chi connectivity index (χ1) is 14.0. The van der Waals surface area contributed by atoms with Crippen molar-refractivity contribution in [2.24, 2.45) is 0 Å². The van der Waals surface area contributed by atoms with Gasteiger partial charge < -0.3 is 4.90 Å². The van der Waals surface area contributed by atoms with Gasteiger partial charge in [0.05, 0.1) is 23.1 Å². The van der Waals surface area contributed by atoms with E-state index in [0.717, 1.165) is 22.6 Å². The molecule has 0 aliphatic carbocycles. The number of para-hydroxylation sites is 1. The fourth-order valence-corrected chi connectivity index (χ4v) is 4.05. The average Bonchev–Trinajstić information content (AvgIpc) is 3.31. The number of aryl methyl sites for hydroxylation is 1. The summed E-state index contributed by atoms with van der Waals surface area (Å²) in [5, 5.41) is 7.01. The second kappa shape index (κ2) is 7.63. The molecule has 3 aromatic heterocycles. The quantitative estimate of drug-likeness (QED) is 0.510. The van der Waals surface area contributed by atoms with Crippen LogP contribution in [0.4, 0.5) is 0 Å². The molecule has 0 N–H and O–H groups in total. The maximum Gasteiger partial charge on any atom is 0.262 e. The Balaban J connectivity index is 1.54. The SMILES string of the molecule is Cc1nn(-c2ccccc2)c(C)c1CN(C)C(=O)Cn1cnc2sccc2c1=O. The molecule has 1 amide bonds. The molecule has 7 nitrogen and oxygen atoms in total. The van der Waals surface area contributed by atoms with E-state index in [1.807, 2.05) is 54.2 Å². The molecule has 0 fully saturated rings. The molecule has 0 spiro atoms. The minimum atomic E-state index is -0.192. The van der Waals surface area contributed by atoms with Gasteiger partial charge in [0.15, 0.2) is 0 Å². The molecule has 0 atom stereocenters. The molecule has 0 saturated carbocycles. The van der Waals surface area contributed by atoms with Gasteiger partial charge in [0.1, 0.15) is 11.4 Å². The monoisotopic (exact) mass is 407 g/mol. The van der Waals surface area contributed by atoms with Gasteiger partial charge in [0, 0.05) is 24.8 Å². The lowest BCUT2D eigenvalue weighted by atomic mass is 10.2. The average molecular weight is 407 g/mol. The van der Waals surface area contributed by atoms with Gasteiger partial charge in [-0.1, -0.05) is 18.2 Å². The highest BCUT2D eigenvalue weighted by atomic mass is 32.1. The van der Waals surface area contributed by atoms with Crippen LogP contribution in [0.3, 0.4) is 0 Å². The van der Waals surface area contributed by atoms with E-state index in [0.29, 0.717) is 16.8 Å². The Morgan fingerprint density at radius 2 is 1.93 bits per heavy atom. The van der Waals surface area contributed by atoms with Gasteiger partial charge in [-0.2, -0.15) is 5.10 Å². The predicted molar refractivity (Wildman–Crippen MR) is 113 cm³/mol. The zero-order valence-corrected chi connectivity index (χ0v) is 17.3. The zero-order chi connectivity index (χ0) is 20.5. The maximum atomic E-state index is 12.8. The van der Waals surface area contributed by atoms with Gasteiger partial charge in [-0.3, -0.25) is 14.2 Å². The normalized spacial score (nSPS) is 11.1. The molecular formula is C21H21N5O2S. The molecule has 4 aromatic rings. The van der Waals surface area contributed by atoms with E-state index < -0.39 is 0 Å². The first-order valence-corrected chi connectivity index (χ1v) is 10.1. The van der Waals surface area contributed by atoms with Crippen LogP contribution in [0.5, 0.6) is 0 Å². The molecule has 1 aromatic carbocycles. The van der Waals surface area contributed by atoms with Crippen LogP contribution >= 0.6 is 11.3 Å². The van der Waals surface area contributed by atoms with Crippen LogP contribution in [-0.4, -0.2) is 37.2 Å². The van der Waals surface area contributed by atoms with Crippen LogP contribution in [0.25, 0.3) is 15.9 Å². The number of hydrogen-bond donors (Lipinski definition) is 0. The van der Waals surface area contributed by atoms with Gasteiger partial charge in [-0.25, -0.2) is 9.67 Å². The Morgan fingerprint density at radius 3 is 2.69 bits per heavy atom. The molecule has 148 valence electrons. The van der Waals surface area contributed by atoms with E-state index in [4.69, 9.17) is 0 Å². The van der Waals surface area contributed by atoms with Crippen LogP contribution in [0.2, 0.25) is 0 Å². The van der Waals surface area contributed by atoms with E-state index in [9.17, 15) is 9.59 Å². The summed E-state index contributed by atoms with van der Waals surface area (Å²) in [5.41, 5.74) is 3.66. The second-order valence-electron chi connectivity index (χ2n) is 6.96. The van der Waals surface area contributed by atoms with Crippen molar-refractivity contribution in [1.29, 1.82) is 0 Å². The molecule has 0 bridgehead atoms. The molecule has 3 heterocycles. The molecule has 8 heteroatoms. The van der Waals surface area contributed by atoms with Crippen molar-refractivity contribution >= 4 is 27.5 Å². The van der Waals surface area contributed by atoms with Crippen LogP contribution in [0.15, 0.2) is 52.9 Å². The number of carbonyl (C=O) groups is 1. The first-order valence-electron chi connectivity index (χ1n) is 9.23. The summed E-state index contributed by atoms with van der Waals surface area (Å²) in [4.78, 5) is 31.8. The Kier molecular flexibility index (Phi) is 5.02. The van der Waals surface area contributed by atoms with Crippen molar-refractivity contribution in [1.82, 2.24) is 24.2 Å². The lowest BCUT2D eigenvalue weighted by molar-refractivity contribution is -0.131. The fourth-order valence-electron chi connectivity index (χ4n) is 3.32. The van der Waals surface area contributed by atoms with Crippen LogP contribution in [-0.2, 0) is 17.9 Å². The number of aromatic nitrogens is 4.